The maximum Gasteiger partial charge on any atom is 0.341 e. The molecule has 0 saturated carbocycles. The van der Waals surface area contributed by atoms with Crippen molar-refractivity contribution in [2.75, 3.05) is 14.2 Å². The molecule has 1 aromatic heterocycles. The average molecular weight is 427 g/mol. The van der Waals surface area contributed by atoms with Crippen molar-refractivity contribution in [3.05, 3.63) is 77.7 Å². The minimum atomic E-state index is -3.75. The smallest absolute Gasteiger partial charge is 0.341 e. The Hall–Kier alpha value is -3.46. The Labute approximate surface area is 174 Å². The van der Waals surface area contributed by atoms with Crippen LogP contribution in [0.15, 0.2) is 70.9 Å². The zero-order valence-electron chi connectivity index (χ0n) is 16.8. The summed E-state index contributed by atoms with van der Waals surface area (Å²) in [5, 5.41) is 7.64. The highest BCUT2D eigenvalue weighted by atomic mass is 32.2. The van der Waals surface area contributed by atoms with Crippen LogP contribution in [0.4, 0.5) is 0 Å². The predicted octanol–water partition coefficient (Wildman–Crippen LogP) is 2.63. The van der Waals surface area contributed by atoms with E-state index in [2.05, 4.69) is 10.3 Å². The number of sulfone groups is 1. The number of hydrogen-bond acceptors (Lipinski definition) is 7. The second-order valence-electron chi connectivity index (χ2n) is 6.53. The first-order valence-corrected chi connectivity index (χ1v) is 10.5. The van der Waals surface area contributed by atoms with E-state index in [9.17, 15) is 13.2 Å². The monoisotopic (exact) mass is 427 g/mol. The molecule has 156 valence electrons. The van der Waals surface area contributed by atoms with Gasteiger partial charge in [-0.25, -0.2) is 17.9 Å². The minimum Gasteiger partial charge on any atom is -0.503 e. The Bertz CT molecular complexity index is 1180. The van der Waals surface area contributed by atoms with Crippen LogP contribution in [0.2, 0.25) is 0 Å². The second kappa shape index (κ2) is 8.91. The van der Waals surface area contributed by atoms with Crippen LogP contribution in [0.5, 0.6) is 0 Å². The molecule has 0 fully saturated rings. The second-order valence-corrected chi connectivity index (χ2v) is 8.43. The zero-order chi connectivity index (χ0) is 21.7. The van der Waals surface area contributed by atoms with Gasteiger partial charge in [0.25, 0.3) is 0 Å². The van der Waals surface area contributed by atoms with Gasteiger partial charge in [-0.15, -0.1) is 5.10 Å². The zero-order valence-corrected chi connectivity index (χ0v) is 17.6. The molecule has 0 aliphatic carbocycles. The highest BCUT2D eigenvalue weighted by Gasteiger charge is 2.21. The number of aromatic nitrogens is 3. The van der Waals surface area contributed by atoms with Gasteiger partial charge in [0, 0.05) is 0 Å². The Morgan fingerprint density at radius 3 is 2.53 bits per heavy atom. The number of carbonyl (C=O) groups excluding carboxylic acids is 1. The van der Waals surface area contributed by atoms with Crippen LogP contribution in [0.1, 0.15) is 16.7 Å². The molecule has 3 rings (SSSR count). The molecule has 30 heavy (non-hydrogen) atoms. The lowest BCUT2D eigenvalue weighted by Gasteiger charge is -2.08. The van der Waals surface area contributed by atoms with Crippen molar-refractivity contribution in [3.8, 4) is 0 Å². The van der Waals surface area contributed by atoms with Gasteiger partial charge in [-0.2, -0.15) is 0 Å². The van der Waals surface area contributed by atoms with E-state index in [1.54, 1.807) is 42.5 Å². The number of benzene rings is 2. The fraction of sp³-hybridized carbons (Fsp3) is 0.190. The number of aryl methyl sites for hydroxylation is 1. The summed E-state index contributed by atoms with van der Waals surface area (Å²) in [7, 11) is -1.02. The summed E-state index contributed by atoms with van der Waals surface area (Å²) in [5.41, 5.74) is 2.63. The summed E-state index contributed by atoms with van der Waals surface area (Å²) < 4.78 is 36.7. The third kappa shape index (κ3) is 4.57. The molecule has 0 saturated heterocycles. The molecule has 2 aromatic carbocycles. The average Bonchev–Trinajstić information content (AvgIpc) is 3.21. The van der Waals surface area contributed by atoms with Crippen LogP contribution in [-0.2, 0) is 30.7 Å². The first kappa shape index (κ1) is 21.3. The molecular weight excluding hydrogens is 406 g/mol. The standard InChI is InChI=1S/C21H21N3O5S/c1-15-7-9-18(10-8-15)30(26,27)20-13-24(23-22-20)12-16-5-4-6-17(11-16)19(14-28-2)21(25)29-3/h4-11,13-14H,12H2,1-3H3/b19-14+. The van der Waals surface area contributed by atoms with E-state index in [0.717, 1.165) is 11.1 Å². The minimum absolute atomic E-state index is 0.128. The van der Waals surface area contributed by atoms with Crippen molar-refractivity contribution in [3.63, 3.8) is 0 Å². The lowest BCUT2D eigenvalue weighted by atomic mass is 10.0. The van der Waals surface area contributed by atoms with E-state index >= 15 is 0 Å². The van der Waals surface area contributed by atoms with Gasteiger partial charge in [0.1, 0.15) is 5.57 Å². The van der Waals surface area contributed by atoms with Gasteiger partial charge < -0.3 is 9.47 Å². The van der Waals surface area contributed by atoms with Crippen LogP contribution in [-0.4, -0.2) is 43.6 Å². The van der Waals surface area contributed by atoms with Gasteiger partial charge in [-0.05, 0) is 36.2 Å². The van der Waals surface area contributed by atoms with Crippen molar-refractivity contribution in [2.24, 2.45) is 0 Å². The van der Waals surface area contributed by atoms with Crippen molar-refractivity contribution < 1.29 is 22.7 Å². The highest BCUT2D eigenvalue weighted by molar-refractivity contribution is 7.91. The van der Waals surface area contributed by atoms with Crippen LogP contribution < -0.4 is 0 Å². The van der Waals surface area contributed by atoms with Crippen LogP contribution in [0.25, 0.3) is 5.57 Å². The summed E-state index contributed by atoms with van der Waals surface area (Å²) in [6.07, 6.45) is 2.70. The van der Waals surface area contributed by atoms with Gasteiger partial charge in [0.2, 0.25) is 14.9 Å². The van der Waals surface area contributed by atoms with Crippen molar-refractivity contribution in [1.29, 1.82) is 0 Å². The number of methoxy groups -OCH3 is 2. The molecule has 0 amide bonds. The Kier molecular flexibility index (Phi) is 6.31. The predicted molar refractivity (Wildman–Crippen MR) is 109 cm³/mol. The normalized spacial score (nSPS) is 11.9. The molecule has 0 N–H and O–H groups in total. The molecule has 0 unspecified atom stereocenters. The van der Waals surface area contributed by atoms with Gasteiger partial charge in [0.15, 0.2) is 0 Å². The summed E-state index contributed by atoms with van der Waals surface area (Å²) in [4.78, 5) is 12.1. The van der Waals surface area contributed by atoms with Crippen LogP contribution in [0.3, 0.4) is 0 Å². The van der Waals surface area contributed by atoms with Gasteiger partial charge >= 0.3 is 5.97 Å². The van der Waals surface area contributed by atoms with Crippen LogP contribution >= 0.6 is 0 Å². The number of rotatable bonds is 7. The SMILES string of the molecule is CO/C=C(/C(=O)OC)c1cccc(Cn2cc(S(=O)(=O)c3ccc(C)cc3)nn2)c1. The molecule has 0 atom stereocenters. The van der Waals surface area contributed by atoms with E-state index in [1.165, 1.54) is 31.4 Å². The Morgan fingerprint density at radius 2 is 1.87 bits per heavy atom. The molecule has 0 spiro atoms. The van der Waals surface area contributed by atoms with Crippen molar-refractivity contribution in [2.45, 2.75) is 23.4 Å². The van der Waals surface area contributed by atoms with Crippen LogP contribution in [0, 0.1) is 6.92 Å². The fourth-order valence-corrected chi connectivity index (χ4v) is 3.95. The quantitative estimate of drug-likeness (QED) is 0.325. The maximum atomic E-state index is 12.7. The third-order valence-corrected chi connectivity index (χ3v) is 5.98. The first-order valence-electron chi connectivity index (χ1n) is 8.97. The van der Waals surface area contributed by atoms with Gasteiger partial charge in [-0.1, -0.05) is 41.1 Å². The van der Waals surface area contributed by atoms with E-state index in [-0.39, 0.29) is 22.0 Å². The van der Waals surface area contributed by atoms with Crippen molar-refractivity contribution in [1.82, 2.24) is 15.0 Å². The van der Waals surface area contributed by atoms with Gasteiger partial charge in [-0.3, -0.25) is 0 Å². The number of esters is 1. The van der Waals surface area contributed by atoms with E-state index in [0.29, 0.717) is 5.56 Å². The molecule has 0 aliphatic heterocycles. The first-order chi connectivity index (χ1) is 14.3. The lowest BCUT2D eigenvalue weighted by Crippen LogP contribution is -2.06. The molecule has 1 heterocycles. The Balaban J connectivity index is 1.85. The highest BCUT2D eigenvalue weighted by Crippen LogP contribution is 2.21. The third-order valence-electron chi connectivity index (χ3n) is 4.35. The molecule has 8 nitrogen and oxygen atoms in total. The Morgan fingerprint density at radius 1 is 1.13 bits per heavy atom. The molecule has 0 aliphatic rings. The topological polar surface area (TPSA) is 100 Å². The van der Waals surface area contributed by atoms with Gasteiger partial charge in [0.05, 0.1) is 38.1 Å². The molecule has 9 heteroatoms. The molecule has 0 bridgehead atoms. The van der Waals surface area contributed by atoms with E-state index in [1.807, 2.05) is 13.0 Å². The summed E-state index contributed by atoms with van der Waals surface area (Å²) >= 11 is 0. The maximum absolute atomic E-state index is 12.7. The molecule has 3 aromatic rings. The van der Waals surface area contributed by atoms with E-state index in [4.69, 9.17) is 9.47 Å². The van der Waals surface area contributed by atoms with E-state index < -0.39 is 15.8 Å². The summed E-state index contributed by atoms with van der Waals surface area (Å²) in [5.74, 6) is -0.527. The number of carbonyl (C=O) groups is 1. The number of hydrogen-bond donors (Lipinski definition) is 0. The lowest BCUT2D eigenvalue weighted by molar-refractivity contribution is -0.133. The fourth-order valence-electron chi connectivity index (χ4n) is 2.81. The largest absolute Gasteiger partial charge is 0.503 e. The summed E-state index contributed by atoms with van der Waals surface area (Å²) in [6.45, 7) is 2.15. The summed E-state index contributed by atoms with van der Waals surface area (Å²) in [6, 6.07) is 13.7. The number of nitrogens with zero attached hydrogens (tertiary/aromatic N) is 3. The molecular formula is C21H21N3O5S. The van der Waals surface area contributed by atoms with Crippen molar-refractivity contribution >= 4 is 21.4 Å². The number of ether oxygens (including phenoxy) is 2. The molecule has 0 radical (unpaired) electrons.